The average Bonchev–Trinajstić information content (AvgIpc) is 3.30. The minimum atomic E-state index is -3.42. The number of fused-ring (bicyclic) bond motifs is 1. The van der Waals surface area contributed by atoms with Gasteiger partial charge in [-0.1, -0.05) is 43.9 Å². The number of rotatable bonds is 14. The zero-order valence-electron chi connectivity index (χ0n) is 24.7. The number of nitrogens with one attached hydrogen (secondary N) is 3. The maximum atomic E-state index is 12.6. The summed E-state index contributed by atoms with van der Waals surface area (Å²) in [5.74, 6) is 0.437. The highest BCUT2D eigenvalue weighted by atomic mass is 32.2. The molecule has 0 bridgehead atoms. The first kappa shape index (κ1) is 31.5. The predicted octanol–water partition coefficient (Wildman–Crippen LogP) is 4.40. The smallest absolute Gasteiger partial charge is 0.337 e. The highest BCUT2D eigenvalue weighted by Gasteiger charge is 2.27. The molecule has 0 radical (unpaired) electrons. The number of nitrogens with zero attached hydrogens (tertiary/aromatic N) is 1. The molecule has 1 aliphatic carbocycles. The van der Waals surface area contributed by atoms with Crippen molar-refractivity contribution < 1.29 is 27.5 Å². The van der Waals surface area contributed by atoms with Crippen molar-refractivity contribution in [2.45, 2.75) is 57.3 Å². The third-order valence-electron chi connectivity index (χ3n) is 7.91. The Bertz CT molecular complexity index is 1490. The van der Waals surface area contributed by atoms with Crippen LogP contribution in [0.3, 0.4) is 0 Å². The summed E-state index contributed by atoms with van der Waals surface area (Å²) < 4.78 is 40.6. The standard InChI is InChI=1S/C31H42N4O6S/c1-32-42(38,39)34-19-11-5-10-18-33-28(36)21-41-27-15-9-8-14-25(27)30-29(22-12-6-4-7-13-22)24-17-16-23(31(37)40-3)20-26(24)35(30)2/h8-9,14-17,20,22,32,34H,4-7,10-13,18-19,21H2,1-3H3,(H,33,36). The van der Waals surface area contributed by atoms with Gasteiger partial charge in [0.15, 0.2) is 6.61 Å². The SMILES string of the molecule is CNS(=O)(=O)NCCCCCNC(=O)COc1ccccc1-c1c(C2CCCCC2)c2ccc(C(=O)OC)cc2n1C. The molecule has 0 spiro atoms. The first-order valence-corrected chi connectivity index (χ1v) is 16.1. The molecule has 11 heteroatoms. The normalized spacial score (nSPS) is 14.2. The first-order chi connectivity index (χ1) is 20.3. The number of para-hydroxylation sites is 1. The summed E-state index contributed by atoms with van der Waals surface area (Å²) in [5.41, 5.74) is 4.69. The first-order valence-electron chi connectivity index (χ1n) is 14.6. The minimum absolute atomic E-state index is 0.117. The number of methoxy groups -OCH3 is 1. The molecule has 228 valence electrons. The number of aromatic nitrogens is 1. The predicted molar refractivity (Wildman–Crippen MR) is 164 cm³/mol. The number of hydrogen-bond acceptors (Lipinski definition) is 6. The Morgan fingerprint density at radius 2 is 1.74 bits per heavy atom. The Kier molecular flexibility index (Phi) is 11.0. The molecule has 1 fully saturated rings. The van der Waals surface area contributed by atoms with Gasteiger partial charge in [0.1, 0.15) is 5.75 Å². The summed E-state index contributed by atoms with van der Waals surface area (Å²) in [6.45, 7) is 0.715. The van der Waals surface area contributed by atoms with E-state index in [1.54, 1.807) is 0 Å². The molecule has 0 saturated heterocycles. The third kappa shape index (κ3) is 7.70. The van der Waals surface area contributed by atoms with Gasteiger partial charge in [0.05, 0.1) is 18.4 Å². The van der Waals surface area contributed by atoms with Gasteiger partial charge in [0, 0.05) is 43.7 Å². The molecule has 10 nitrogen and oxygen atoms in total. The number of carbonyl (C=O) groups excluding carboxylic acids is 2. The van der Waals surface area contributed by atoms with Crippen LogP contribution in [0.15, 0.2) is 42.5 Å². The van der Waals surface area contributed by atoms with Crippen LogP contribution >= 0.6 is 0 Å². The van der Waals surface area contributed by atoms with E-state index >= 15 is 0 Å². The summed E-state index contributed by atoms with van der Waals surface area (Å²) in [6, 6.07) is 13.5. The van der Waals surface area contributed by atoms with Gasteiger partial charge < -0.3 is 19.4 Å². The molecule has 4 rings (SSSR count). The van der Waals surface area contributed by atoms with Gasteiger partial charge in [-0.05, 0) is 61.4 Å². The second-order valence-corrected chi connectivity index (χ2v) is 12.4. The molecule has 1 amide bonds. The molecule has 0 aliphatic heterocycles. The van der Waals surface area contributed by atoms with E-state index in [-0.39, 0.29) is 18.5 Å². The lowest BCUT2D eigenvalue weighted by molar-refractivity contribution is -0.123. The number of amides is 1. The largest absolute Gasteiger partial charge is 0.483 e. The van der Waals surface area contributed by atoms with Gasteiger partial charge >= 0.3 is 5.97 Å². The Balaban J connectivity index is 1.48. The Hall–Kier alpha value is -3.41. The third-order valence-corrected chi connectivity index (χ3v) is 9.03. The van der Waals surface area contributed by atoms with Crippen molar-refractivity contribution in [3.8, 4) is 17.0 Å². The number of unbranched alkanes of at least 4 members (excludes halogenated alkanes) is 2. The van der Waals surface area contributed by atoms with Gasteiger partial charge in [0.2, 0.25) is 0 Å². The van der Waals surface area contributed by atoms with E-state index in [1.807, 2.05) is 49.5 Å². The van der Waals surface area contributed by atoms with Gasteiger partial charge in [-0.2, -0.15) is 8.42 Å². The van der Waals surface area contributed by atoms with E-state index in [4.69, 9.17) is 9.47 Å². The summed E-state index contributed by atoms with van der Waals surface area (Å²) in [7, 11) is 1.34. The Labute approximate surface area is 248 Å². The number of aryl methyl sites for hydroxylation is 1. The van der Waals surface area contributed by atoms with Gasteiger partial charge in [-0.15, -0.1) is 0 Å². The number of benzene rings is 2. The zero-order valence-corrected chi connectivity index (χ0v) is 25.5. The van der Waals surface area contributed by atoms with Gasteiger partial charge in [0.25, 0.3) is 16.1 Å². The van der Waals surface area contributed by atoms with Crippen molar-refractivity contribution in [3.63, 3.8) is 0 Å². The number of esters is 1. The van der Waals surface area contributed by atoms with Crippen LogP contribution in [0.2, 0.25) is 0 Å². The van der Waals surface area contributed by atoms with Crippen molar-refractivity contribution in [2.75, 3.05) is 33.9 Å². The van der Waals surface area contributed by atoms with Crippen LogP contribution in [0.1, 0.15) is 73.2 Å². The Morgan fingerprint density at radius 3 is 2.48 bits per heavy atom. The monoisotopic (exact) mass is 598 g/mol. The van der Waals surface area contributed by atoms with Crippen molar-refractivity contribution in [3.05, 3.63) is 53.6 Å². The molecule has 1 heterocycles. The van der Waals surface area contributed by atoms with E-state index in [9.17, 15) is 18.0 Å². The molecule has 3 aromatic rings. The van der Waals surface area contributed by atoms with Crippen LogP contribution in [0, 0.1) is 0 Å². The lowest BCUT2D eigenvalue weighted by atomic mass is 9.81. The molecular formula is C31H42N4O6S. The lowest BCUT2D eigenvalue weighted by Crippen LogP contribution is -2.34. The average molecular weight is 599 g/mol. The fraction of sp³-hybridized carbons (Fsp3) is 0.484. The maximum Gasteiger partial charge on any atom is 0.337 e. The minimum Gasteiger partial charge on any atom is -0.483 e. The molecule has 1 saturated carbocycles. The van der Waals surface area contributed by atoms with Crippen molar-refractivity contribution >= 4 is 33.0 Å². The van der Waals surface area contributed by atoms with Crippen LogP contribution in [0.4, 0.5) is 0 Å². The topological polar surface area (TPSA) is 128 Å². The molecule has 1 aliphatic rings. The molecule has 3 N–H and O–H groups in total. The van der Waals surface area contributed by atoms with E-state index in [2.05, 4.69) is 19.3 Å². The summed E-state index contributed by atoms with van der Waals surface area (Å²) >= 11 is 0. The summed E-state index contributed by atoms with van der Waals surface area (Å²) in [5, 5.41) is 4.01. The Morgan fingerprint density at radius 1 is 1.00 bits per heavy atom. The van der Waals surface area contributed by atoms with E-state index in [0.29, 0.717) is 36.7 Å². The maximum absolute atomic E-state index is 12.6. The fourth-order valence-corrected chi connectivity index (χ4v) is 6.31. The van der Waals surface area contributed by atoms with E-state index in [1.165, 1.54) is 39.0 Å². The summed E-state index contributed by atoms with van der Waals surface area (Å²) in [4.78, 5) is 24.9. The second kappa shape index (κ2) is 14.7. The van der Waals surface area contributed by atoms with Gasteiger partial charge in [-0.25, -0.2) is 14.2 Å². The molecule has 1 aromatic heterocycles. The summed E-state index contributed by atoms with van der Waals surface area (Å²) in [6.07, 6.45) is 8.02. The van der Waals surface area contributed by atoms with Crippen molar-refractivity contribution in [1.82, 2.24) is 19.3 Å². The highest BCUT2D eigenvalue weighted by Crippen LogP contribution is 2.45. The van der Waals surface area contributed by atoms with Gasteiger partial charge in [-0.3, -0.25) is 4.79 Å². The van der Waals surface area contributed by atoms with Crippen LogP contribution in [-0.2, 0) is 26.8 Å². The molecule has 0 unspecified atom stereocenters. The molecule has 0 atom stereocenters. The van der Waals surface area contributed by atoms with Crippen molar-refractivity contribution in [2.24, 2.45) is 7.05 Å². The number of hydrogen-bond donors (Lipinski definition) is 3. The van der Waals surface area contributed by atoms with Crippen LogP contribution in [0.5, 0.6) is 5.75 Å². The van der Waals surface area contributed by atoms with Crippen LogP contribution in [0.25, 0.3) is 22.2 Å². The van der Waals surface area contributed by atoms with E-state index in [0.717, 1.165) is 47.8 Å². The molecule has 2 aromatic carbocycles. The van der Waals surface area contributed by atoms with Crippen LogP contribution < -0.4 is 19.5 Å². The zero-order chi connectivity index (χ0) is 30.1. The van der Waals surface area contributed by atoms with E-state index < -0.39 is 10.2 Å². The highest BCUT2D eigenvalue weighted by molar-refractivity contribution is 7.87. The molecule has 42 heavy (non-hydrogen) atoms. The second-order valence-electron chi connectivity index (χ2n) is 10.7. The molecular weight excluding hydrogens is 556 g/mol. The lowest BCUT2D eigenvalue weighted by Gasteiger charge is -2.24. The number of ether oxygens (including phenoxy) is 2. The van der Waals surface area contributed by atoms with Crippen LogP contribution in [-0.4, -0.2) is 58.7 Å². The van der Waals surface area contributed by atoms with Crippen molar-refractivity contribution in [1.29, 1.82) is 0 Å². The number of carbonyl (C=O) groups is 2. The fourth-order valence-electron chi connectivity index (χ4n) is 5.76. The quantitative estimate of drug-likeness (QED) is 0.187.